The molecule has 1 aromatic rings. The lowest BCUT2D eigenvalue weighted by atomic mass is 10.1. The highest BCUT2D eigenvalue weighted by Crippen LogP contribution is 2.15. The molecule has 0 saturated carbocycles. The van der Waals surface area contributed by atoms with E-state index in [0.29, 0.717) is 0 Å². The van der Waals surface area contributed by atoms with Gasteiger partial charge in [-0.1, -0.05) is 13.0 Å². The van der Waals surface area contributed by atoms with Gasteiger partial charge in [-0.15, -0.1) is 0 Å². The van der Waals surface area contributed by atoms with Crippen LogP contribution in [0.25, 0.3) is 0 Å². The first-order valence-corrected chi connectivity index (χ1v) is 8.89. The third kappa shape index (κ3) is 5.42. The lowest BCUT2D eigenvalue weighted by Gasteiger charge is -2.11. The van der Waals surface area contributed by atoms with Crippen LogP contribution in [-0.2, 0) is 24.8 Å². The molecule has 0 aromatic heterocycles. The van der Waals surface area contributed by atoms with Gasteiger partial charge in [-0.05, 0) is 24.1 Å². The van der Waals surface area contributed by atoms with E-state index < -0.39 is 31.9 Å². The highest BCUT2D eigenvalue weighted by molar-refractivity contribution is 7.90. The van der Waals surface area contributed by atoms with Crippen molar-refractivity contribution in [2.24, 2.45) is 11.1 Å². The molecule has 0 aliphatic carbocycles. The number of nitrogens with two attached hydrogens (primary N) is 1. The van der Waals surface area contributed by atoms with E-state index in [9.17, 15) is 21.6 Å². The predicted octanol–water partition coefficient (Wildman–Crippen LogP) is -0.277. The number of nitrogens with one attached hydrogen (secondary N) is 1. The normalized spacial score (nSPS) is 13.8. The molecule has 0 heterocycles. The summed E-state index contributed by atoms with van der Waals surface area (Å²) in [5, 5.41) is 13.5. The van der Waals surface area contributed by atoms with Crippen molar-refractivity contribution in [3.8, 4) is 0 Å². The molecule has 0 saturated heterocycles. The van der Waals surface area contributed by atoms with Crippen molar-refractivity contribution >= 4 is 26.0 Å². The van der Waals surface area contributed by atoms with Gasteiger partial charge in [0.1, 0.15) is 0 Å². The number of sulfonamides is 2. The van der Waals surface area contributed by atoms with Crippen LogP contribution in [0.3, 0.4) is 0 Å². The van der Waals surface area contributed by atoms with Gasteiger partial charge in [0.15, 0.2) is 0 Å². The first kappa shape index (κ1) is 17.6. The first-order valence-electron chi connectivity index (χ1n) is 5.86. The highest BCUT2D eigenvalue weighted by Gasteiger charge is 2.18. The van der Waals surface area contributed by atoms with Gasteiger partial charge >= 0.3 is 5.97 Å². The van der Waals surface area contributed by atoms with Crippen LogP contribution in [0.15, 0.2) is 34.1 Å². The third-order valence-electron chi connectivity index (χ3n) is 2.59. The maximum Gasteiger partial charge on any atom is 0.303 e. The van der Waals surface area contributed by atoms with Crippen molar-refractivity contribution in [1.82, 2.24) is 4.72 Å². The Morgan fingerprint density at radius 2 is 1.86 bits per heavy atom. The first-order chi connectivity index (χ1) is 9.52. The fourth-order valence-corrected chi connectivity index (χ4v) is 3.37. The zero-order valence-corrected chi connectivity index (χ0v) is 12.8. The number of carbonyl (C=O) groups is 1. The number of primary sulfonamides is 1. The van der Waals surface area contributed by atoms with E-state index in [1.807, 2.05) is 0 Å². The van der Waals surface area contributed by atoms with Crippen molar-refractivity contribution in [2.75, 3.05) is 6.54 Å². The number of carboxylic acid groups (broad SMARTS) is 1. The molecule has 0 amide bonds. The summed E-state index contributed by atoms with van der Waals surface area (Å²) in [6, 6.07) is 4.61. The Bertz CT molecular complexity index is 727. The van der Waals surface area contributed by atoms with Crippen LogP contribution in [-0.4, -0.2) is 34.5 Å². The average Bonchev–Trinajstić information content (AvgIpc) is 2.35. The fourth-order valence-electron chi connectivity index (χ4n) is 1.52. The van der Waals surface area contributed by atoms with Gasteiger partial charge in [0, 0.05) is 13.0 Å². The molecule has 21 heavy (non-hydrogen) atoms. The Morgan fingerprint density at radius 3 is 2.38 bits per heavy atom. The average molecular weight is 336 g/mol. The quantitative estimate of drug-likeness (QED) is 0.625. The van der Waals surface area contributed by atoms with E-state index in [1.165, 1.54) is 18.2 Å². The van der Waals surface area contributed by atoms with E-state index in [2.05, 4.69) is 4.72 Å². The smallest absolute Gasteiger partial charge is 0.303 e. The van der Waals surface area contributed by atoms with Crippen LogP contribution in [0.5, 0.6) is 0 Å². The Morgan fingerprint density at radius 1 is 1.29 bits per heavy atom. The summed E-state index contributed by atoms with van der Waals surface area (Å²) in [7, 11) is -7.94. The number of rotatable bonds is 7. The number of hydrogen-bond donors (Lipinski definition) is 3. The second-order valence-corrected chi connectivity index (χ2v) is 7.90. The minimum absolute atomic E-state index is 0.0752. The van der Waals surface area contributed by atoms with E-state index in [4.69, 9.17) is 10.2 Å². The molecule has 10 heteroatoms. The number of hydrogen-bond acceptors (Lipinski definition) is 5. The van der Waals surface area contributed by atoms with Crippen molar-refractivity contribution in [3.05, 3.63) is 24.3 Å². The molecule has 1 unspecified atom stereocenters. The minimum atomic E-state index is -4.00. The van der Waals surface area contributed by atoms with E-state index in [0.717, 1.165) is 6.07 Å². The van der Waals surface area contributed by atoms with Gasteiger partial charge in [-0.2, -0.15) is 0 Å². The standard InChI is InChI=1S/C11H16N2O6S2/c1-8(5-11(14)15)7-13-21(18,19)10-4-2-3-9(6-10)20(12,16)17/h2-4,6,8,13H,5,7H2,1H3,(H,14,15)(H2,12,16,17). The van der Waals surface area contributed by atoms with E-state index in [1.54, 1.807) is 6.92 Å². The zero-order chi connectivity index (χ0) is 16.3. The molecule has 0 spiro atoms. The minimum Gasteiger partial charge on any atom is -0.481 e. The molecule has 0 aliphatic heterocycles. The van der Waals surface area contributed by atoms with E-state index in [-0.39, 0.29) is 22.8 Å². The summed E-state index contributed by atoms with van der Waals surface area (Å²) in [6.07, 6.45) is -0.181. The maximum atomic E-state index is 12.0. The van der Waals surface area contributed by atoms with Crippen LogP contribution in [0.1, 0.15) is 13.3 Å². The largest absolute Gasteiger partial charge is 0.481 e. The summed E-state index contributed by atoms with van der Waals surface area (Å²) < 4.78 is 48.6. The lowest BCUT2D eigenvalue weighted by molar-refractivity contribution is -0.137. The van der Waals surface area contributed by atoms with Gasteiger partial charge in [0.2, 0.25) is 20.0 Å². The van der Waals surface area contributed by atoms with Crippen LogP contribution in [0.2, 0.25) is 0 Å². The summed E-state index contributed by atoms with van der Waals surface area (Å²) in [5.74, 6) is -1.43. The summed E-state index contributed by atoms with van der Waals surface area (Å²) in [5.41, 5.74) is 0. The molecule has 118 valence electrons. The van der Waals surface area contributed by atoms with Gasteiger partial charge in [0.05, 0.1) is 9.79 Å². The van der Waals surface area contributed by atoms with Gasteiger partial charge in [-0.3, -0.25) is 4.79 Å². The predicted molar refractivity (Wildman–Crippen MR) is 74.4 cm³/mol. The van der Waals surface area contributed by atoms with Crippen molar-refractivity contribution in [1.29, 1.82) is 0 Å². The van der Waals surface area contributed by atoms with E-state index >= 15 is 0 Å². The third-order valence-corrected chi connectivity index (χ3v) is 4.92. The summed E-state index contributed by atoms with van der Waals surface area (Å²) >= 11 is 0. The molecule has 1 rings (SSSR count). The zero-order valence-electron chi connectivity index (χ0n) is 11.2. The number of benzene rings is 1. The number of aliphatic carboxylic acids is 1. The fraction of sp³-hybridized carbons (Fsp3) is 0.364. The molecular formula is C11H16N2O6S2. The summed E-state index contributed by atoms with van der Waals surface area (Å²) in [4.78, 5) is 9.93. The Kier molecular flexibility index (Phi) is 5.45. The van der Waals surface area contributed by atoms with Crippen LogP contribution < -0.4 is 9.86 Å². The SMILES string of the molecule is CC(CNS(=O)(=O)c1cccc(S(N)(=O)=O)c1)CC(=O)O. The Labute approximate surface area is 123 Å². The molecule has 1 atom stereocenters. The Hall–Kier alpha value is -1.49. The van der Waals surface area contributed by atoms with Gasteiger partial charge < -0.3 is 5.11 Å². The molecule has 4 N–H and O–H groups in total. The maximum absolute atomic E-state index is 12.0. The molecule has 8 nitrogen and oxygen atoms in total. The van der Waals surface area contributed by atoms with Crippen molar-refractivity contribution in [3.63, 3.8) is 0 Å². The topological polar surface area (TPSA) is 144 Å². The molecule has 0 radical (unpaired) electrons. The second-order valence-electron chi connectivity index (χ2n) is 4.57. The summed E-state index contributed by atoms with van der Waals surface area (Å²) in [6.45, 7) is 1.51. The van der Waals surface area contributed by atoms with Crippen molar-refractivity contribution in [2.45, 2.75) is 23.1 Å². The monoisotopic (exact) mass is 336 g/mol. The van der Waals surface area contributed by atoms with Gasteiger partial charge in [-0.25, -0.2) is 26.7 Å². The second kappa shape index (κ2) is 6.52. The Balaban J connectivity index is 2.91. The number of carboxylic acids is 1. The molecule has 0 fully saturated rings. The van der Waals surface area contributed by atoms with Crippen LogP contribution in [0.4, 0.5) is 0 Å². The molecular weight excluding hydrogens is 320 g/mol. The molecule has 0 bridgehead atoms. The molecule has 1 aromatic carbocycles. The van der Waals surface area contributed by atoms with Gasteiger partial charge in [0.25, 0.3) is 0 Å². The lowest BCUT2D eigenvalue weighted by Crippen LogP contribution is -2.29. The van der Waals surface area contributed by atoms with Crippen molar-refractivity contribution < 1.29 is 26.7 Å². The van der Waals surface area contributed by atoms with Crippen LogP contribution in [0, 0.1) is 5.92 Å². The molecule has 0 aliphatic rings. The highest BCUT2D eigenvalue weighted by atomic mass is 32.2. The van der Waals surface area contributed by atoms with Crippen LogP contribution >= 0.6 is 0 Å².